The van der Waals surface area contributed by atoms with Gasteiger partial charge >= 0.3 is 0 Å². The molecule has 0 spiro atoms. The van der Waals surface area contributed by atoms with Crippen molar-refractivity contribution < 1.29 is 18.3 Å². The molecule has 130 valence electrons. The fourth-order valence-corrected chi connectivity index (χ4v) is 2.76. The summed E-state index contributed by atoms with van der Waals surface area (Å²) in [5.74, 6) is 0.366. The second-order valence-corrected chi connectivity index (χ2v) is 5.80. The molecule has 2 atom stereocenters. The molecule has 0 radical (unpaired) electrons. The SMILES string of the molecule is COc1cccc2cc([C@H](C)N[C@H](C(N)=O)c3ccc(F)cc3)oc12. The molecule has 3 N–H and O–H groups in total. The molecule has 0 aliphatic heterocycles. The number of fused-ring (bicyclic) bond motifs is 1. The van der Waals surface area contributed by atoms with Gasteiger partial charge in [-0.3, -0.25) is 10.1 Å². The molecule has 25 heavy (non-hydrogen) atoms. The zero-order chi connectivity index (χ0) is 18.0. The molecule has 1 aromatic heterocycles. The number of carbonyl (C=O) groups is 1. The Bertz CT molecular complexity index is 889. The highest BCUT2D eigenvalue weighted by molar-refractivity contribution is 5.84. The Hall–Kier alpha value is -2.86. The molecule has 0 aliphatic carbocycles. The molecule has 6 heteroatoms. The van der Waals surface area contributed by atoms with Gasteiger partial charge in [0.25, 0.3) is 0 Å². The summed E-state index contributed by atoms with van der Waals surface area (Å²) in [6, 6.07) is 12.1. The molecule has 0 saturated carbocycles. The number of furan rings is 1. The Morgan fingerprint density at radius 2 is 1.96 bits per heavy atom. The summed E-state index contributed by atoms with van der Waals surface area (Å²) in [6.45, 7) is 1.86. The van der Waals surface area contributed by atoms with E-state index in [1.807, 2.05) is 31.2 Å². The quantitative estimate of drug-likeness (QED) is 0.719. The average Bonchev–Trinajstić information content (AvgIpc) is 3.04. The molecule has 3 rings (SSSR count). The maximum atomic E-state index is 13.1. The molecule has 3 aromatic rings. The first kappa shape index (κ1) is 17.0. The minimum atomic E-state index is -0.759. The lowest BCUT2D eigenvalue weighted by Gasteiger charge is -2.20. The Balaban J connectivity index is 1.87. The van der Waals surface area contributed by atoms with Gasteiger partial charge in [-0.2, -0.15) is 0 Å². The monoisotopic (exact) mass is 342 g/mol. The fourth-order valence-electron chi connectivity index (χ4n) is 2.76. The highest BCUT2D eigenvalue weighted by atomic mass is 19.1. The van der Waals surface area contributed by atoms with E-state index in [0.29, 0.717) is 22.7 Å². The van der Waals surface area contributed by atoms with Crippen LogP contribution in [0.25, 0.3) is 11.0 Å². The third-order valence-corrected chi connectivity index (χ3v) is 4.08. The molecule has 2 aromatic carbocycles. The van der Waals surface area contributed by atoms with Crippen molar-refractivity contribution >= 4 is 16.9 Å². The van der Waals surface area contributed by atoms with Crippen LogP contribution < -0.4 is 15.8 Å². The Morgan fingerprint density at radius 1 is 1.24 bits per heavy atom. The van der Waals surface area contributed by atoms with Gasteiger partial charge < -0.3 is 14.9 Å². The van der Waals surface area contributed by atoms with Crippen LogP contribution in [0.3, 0.4) is 0 Å². The van der Waals surface area contributed by atoms with Crippen LogP contribution in [0.5, 0.6) is 5.75 Å². The number of methoxy groups -OCH3 is 1. The van der Waals surface area contributed by atoms with Gasteiger partial charge in [0.15, 0.2) is 11.3 Å². The number of amides is 1. The first-order valence-electron chi connectivity index (χ1n) is 7.87. The lowest BCUT2D eigenvalue weighted by atomic mass is 10.0. The fraction of sp³-hybridized carbons (Fsp3) is 0.211. The maximum Gasteiger partial charge on any atom is 0.239 e. The van der Waals surface area contributed by atoms with Crippen molar-refractivity contribution in [1.82, 2.24) is 5.32 Å². The summed E-state index contributed by atoms with van der Waals surface area (Å²) in [5.41, 5.74) is 6.74. The number of primary amides is 1. The Kier molecular flexibility index (Phi) is 4.72. The number of rotatable bonds is 6. The van der Waals surface area contributed by atoms with E-state index in [4.69, 9.17) is 14.9 Å². The number of para-hydroxylation sites is 1. The van der Waals surface area contributed by atoms with Crippen LogP contribution in [0.15, 0.2) is 52.9 Å². The number of halogens is 1. The van der Waals surface area contributed by atoms with Crippen LogP contribution >= 0.6 is 0 Å². The van der Waals surface area contributed by atoms with Gasteiger partial charge in [-0.25, -0.2) is 4.39 Å². The standard InChI is InChI=1S/C19H19FN2O3/c1-11(16-10-13-4-3-5-15(24-2)18(13)25-16)22-17(19(21)23)12-6-8-14(20)9-7-12/h3-11,17,22H,1-2H3,(H2,21,23)/t11-,17-/m0/s1. The van der Waals surface area contributed by atoms with E-state index in [0.717, 1.165) is 5.39 Å². The lowest BCUT2D eigenvalue weighted by Crippen LogP contribution is -2.35. The molecule has 0 aliphatic rings. The highest BCUT2D eigenvalue weighted by Crippen LogP contribution is 2.31. The molecule has 1 heterocycles. The highest BCUT2D eigenvalue weighted by Gasteiger charge is 2.23. The van der Waals surface area contributed by atoms with Crippen LogP contribution in [0.2, 0.25) is 0 Å². The van der Waals surface area contributed by atoms with Crippen molar-refractivity contribution in [2.45, 2.75) is 19.0 Å². The van der Waals surface area contributed by atoms with Gasteiger partial charge in [-0.1, -0.05) is 24.3 Å². The lowest BCUT2D eigenvalue weighted by molar-refractivity contribution is -0.120. The molecule has 0 fully saturated rings. The van der Waals surface area contributed by atoms with Crippen molar-refractivity contribution in [1.29, 1.82) is 0 Å². The molecule has 0 saturated heterocycles. The number of nitrogens with one attached hydrogen (secondary N) is 1. The summed E-state index contributed by atoms with van der Waals surface area (Å²) >= 11 is 0. The number of hydrogen-bond acceptors (Lipinski definition) is 4. The van der Waals surface area contributed by atoms with Gasteiger partial charge in [-0.05, 0) is 36.8 Å². The summed E-state index contributed by atoms with van der Waals surface area (Å²) in [7, 11) is 1.58. The Morgan fingerprint density at radius 3 is 2.60 bits per heavy atom. The van der Waals surface area contributed by atoms with E-state index in [2.05, 4.69) is 5.32 Å². The van der Waals surface area contributed by atoms with Gasteiger partial charge in [0.2, 0.25) is 5.91 Å². The first-order valence-corrected chi connectivity index (χ1v) is 7.87. The normalized spacial score (nSPS) is 13.6. The minimum Gasteiger partial charge on any atom is -0.493 e. The molecule has 1 amide bonds. The number of benzene rings is 2. The molecular formula is C19H19FN2O3. The van der Waals surface area contributed by atoms with Crippen LogP contribution in [-0.2, 0) is 4.79 Å². The number of nitrogens with two attached hydrogens (primary N) is 1. The van der Waals surface area contributed by atoms with Gasteiger partial charge in [-0.15, -0.1) is 0 Å². The second-order valence-electron chi connectivity index (χ2n) is 5.80. The number of hydrogen-bond donors (Lipinski definition) is 2. The minimum absolute atomic E-state index is 0.292. The van der Waals surface area contributed by atoms with E-state index < -0.39 is 11.9 Å². The third kappa shape index (κ3) is 3.49. The van der Waals surface area contributed by atoms with E-state index in [1.165, 1.54) is 24.3 Å². The zero-order valence-electron chi connectivity index (χ0n) is 14.0. The summed E-state index contributed by atoms with van der Waals surface area (Å²) in [5, 5.41) is 4.04. The van der Waals surface area contributed by atoms with Crippen molar-refractivity contribution in [2.24, 2.45) is 5.73 Å². The summed E-state index contributed by atoms with van der Waals surface area (Å²) in [6.07, 6.45) is 0. The van der Waals surface area contributed by atoms with E-state index in [9.17, 15) is 9.18 Å². The van der Waals surface area contributed by atoms with E-state index >= 15 is 0 Å². The second kappa shape index (κ2) is 6.94. The molecular weight excluding hydrogens is 323 g/mol. The van der Waals surface area contributed by atoms with E-state index in [1.54, 1.807) is 7.11 Å². The van der Waals surface area contributed by atoms with Crippen molar-refractivity contribution in [3.63, 3.8) is 0 Å². The van der Waals surface area contributed by atoms with Crippen LogP contribution in [0, 0.1) is 5.82 Å². The topological polar surface area (TPSA) is 77.5 Å². The largest absolute Gasteiger partial charge is 0.493 e. The van der Waals surface area contributed by atoms with Crippen molar-refractivity contribution in [2.75, 3.05) is 7.11 Å². The van der Waals surface area contributed by atoms with Crippen LogP contribution in [-0.4, -0.2) is 13.0 Å². The first-order chi connectivity index (χ1) is 12.0. The molecule has 0 bridgehead atoms. The van der Waals surface area contributed by atoms with Crippen LogP contribution in [0.1, 0.15) is 30.3 Å². The van der Waals surface area contributed by atoms with Crippen molar-refractivity contribution in [3.05, 3.63) is 65.7 Å². The van der Waals surface area contributed by atoms with Crippen LogP contribution in [0.4, 0.5) is 4.39 Å². The summed E-state index contributed by atoms with van der Waals surface area (Å²) in [4.78, 5) is 11.8. The molecule has 5 nitrogen and oxygen atoms in total. The zero-order valence-corrected chi connectivity index (χ0v) is 14.0. The third-order valence-electron chi connectivity index (χ3n) is 4.08. The molecule has 0 unspecified atom stereocenters. The van der Waals surface area contributed by atoms with Gasteiger partial charge in [0, 0.05) is 5.39 Å². The smallest absolute Gasteiger partial charge is 0.239 e. The number of ether oxygens (including phenoxy) is 1. The van der Waals surface area contributed by atoms with E-state index in [-0.39, 0.29) is 11.9 Å². The predicted octanol–water partition coefficient (Wildman–Crippen LogP) is 3.46. The summed E-state index contributed by atoms with van der Waals surface area (Å²) < 4.78 is 24.3. The number of carbonyl (C=O) groups excluding carboxylic acids is 1. The Labute approximate surface area is 144 Å². The predicted molar refractivity (Wildman–Crippen MR) is 92.7 cm³/mol. The average molecular weight is 342 g/mol. The van der Waals surface area contributed by atoms with Crippen molar-refractivity contribution in [3.8, 4) is 5.75 Å². The van der Waals surface area contributed by atoms with Gasteiger partial charge in [0.05, 0.1) is 13.2 Å². The van der Waals surface area contributed by atoms with Gasteiger partial charge in [0.1, 0.15) is 17.6 Å². The maximum absolute atomic E-state index is 13.1.